The average Bonchev–Trinajstić information content (AvgIpc) is 2.72. The SMILES string of the molecule is CCCNC(C)CC(C)(C)Cc1c(Br)c(CC)nn1CC. The van der Waals surface area contributed by atoms with Crippen LogP contribution in [0, 0.1) is 5.41 Å². The largest absolute Gasteiger partial charge is 0.314 e. The molecule has 122 valence electrons. The summed E-state index contributed by atoms with van der Waals surface area (Å²) in [5, 5.41) is 8.31. The highest BCUT2D eigenvalue weighted by Crippen LogP contribution is 2.32. The third-order valence-electron chi connectivity index (χ3n) is 3.94. The minimum atomic E-state index is 0.265. The molecule has 0 amide bonds. The summed E-state index contributed by atoms with van der Waals surface area (Å²) in [6.45, 7) is 15.6. The lowest BCUT2D eigenvalue weighted by atomic mass is 9.81. The van der Waals surface area contributed by atoms with Gasteiger partial charge in [-0.15, -0.1) is 0 Å². The van der Waals surface area contributed by atoms with Crippen LogP contribution in [0.25, 0.3) is 0 Å². The molecule has 1 aromatic rings. The summed E-state index contributed by atoms with van der Waals surface area (Å²) in [7, 11) is 0. The maximum Gasteiger partial charge on any atom is 0.0766 e. The summed E-state index contributed by atoms with van der Waals surface area (Å²) in [4.78, 5) is 0. The molecule has 0 radical (unpaired) electrons. The second kappa shape index (κ2) is 8.33. The van der Waals surface area contributed by atoms with E-state index in [2.05, 4.69) is 67.5 Å². The van der Waals surface area contributed by atoms with Crippen molar-refractivity contribution in [3.05, 3.63) is 15.9 Å². The van der Waals surface area contributed by atoms with Gasteiger partial charge >= 0.3 is 0 Å². The lowest BCUT2D eigenvalue weighted by Crippen LogP contribution is -2.33. The highest BCUT2D eigenvalue weighted by atomic mass is 79.9. The van der Waals surface area contributed by atoms with Gasteiger partial charge in [0.25, 0.3) is 0 Å². The van der Waals surface area contributed by atoms with Gasteiger partial charge in [-0.2, -0.15) is 5.10 Å². The number of hydrogen-bond acceptors (Lipinski definition) is 2. The molecule has 0 aliphatic heterocycles. The summed E-state index contributed by atoms with van der Waals surface area (Å²) in [6.07, 6.45) is 4.41. The van der Waals surface area contributed by atoms with Gasteiger partial charge in [0.15, 0.2) is 0 Å². The van der Waals surface area contributed by atoms with Crippen molar-refractivity contribution in [3.8, 4) is 0 Å². The van der Waals surface area contributed by atoms with Crippen molar-refractivity contribution in [1.82, 2.24) is 15.1 Å². The van der Waals surface area contributed by atoms with Crippen LogP contribution in [-0.4, -0.2) is 22.4 Å². The van der Waals surface area contributed by atoms with Crippen LogP contribution in [0.1, 0.15) is 65.8 Å². The molecule has 1 rings (SSSR count). The van der Waals surface area contributed by atoms with E-state index in [1.54, 1.807) is 0 Å². The summed E-state index contributed by atoms with van der Waals surface area (Å²) >= 11 is 3.76. The maximum absolute atomic E-state index is 4.71. The fourth-order valence-electron chi connectivity index (χ4n) is 3.00. The van der Waals surface area contributed by atoms with Crippen LogP contribution in [0.15, 0.2) is 4.47 Å². The van der Waals surface area contributed by atoms with Crippen LogP contribution in [0.2, 0.25) is 0 Å². The van der Waals surface area contributed by atoms with Gasteiger partial charge in [-0.1, -0.05) is 27.7 Å². The maximum atomic E-state index is 4.71. The van der Waals surface area contributed by atoms with Gasteiger partial charge in [0, 0.05) is 12.6 Å². The van der Waals surface area contributed by atoms with E-state index in [9.17, 15) is 0 Å². The van der Waals surface area contributed by atoms with Crippen molar-refractivity contribution >= 4 is 15.9 Å². The molecule has 1 aromatic heterocycles. The zero-order chi connectivity index (χ0) is 16.0. The average molecular weight is 358 g/mol. The molecule has 0 aliphatic carbocycles. The quantitative estimate of drug-likeness (QED) is 0.701. The normalized spacial score (nSPS) is 13.7. The Hall–Kier alpha value is -0.350. The fourth-order valence-corrected chi connectivity index (χ4v) is 3.71. The monoisotopic (exact) mass is 357 g/mol. The van der Waals surface area contributed by atoms with Gasteiger partial charge in [0.2, 0.25) is 0 Å². The van der Waals surface area contributed by atoms with Crippen LogP contribution in [-0.2, 0) is 19.4 Å². The van der Waals surface area contributed by atoms with E-state index in [0.29, 0.717) is 6.04 Å². The Balaban J connectivity index is 2.80. The first-order chi connectivity index (χ1) is 9.84. The smallest absolute Gasteiger partial charge is 0.0766 e. The topological polar surface area (TPSA) is 29.9 Å². The molecule has 1 unspecified atom stereocenters. The van der Waals surface area contributed by atoms with Crippen molar-refractivity contribution in [1.29, 1.82) is 0 Å². The van der Waals surface area contributed by atoms with Crippen molar-refractivity contribution in [2.75, 3.05) is 6.54 Å². The number of rotatable bonds is 9. The second-order valence-corrected chi connectivity index (χ2v) is 7.57. The first-order valence-corrected chi connectivity index (χ1v) is 9.11. The molecule has 0 fully saturated rings. The third kappa shape index (κ3) is 5.41. The van der Waals surface area contributed by atoms with Gasteiger partial charge in [0.05, 0.1) is 15.9 Å². The van der Waals surface area contributed by atoms with E-state index in [-0.39, 0.29) is 5.41 Å². The number of aryl methyl sites for hydroxylation is 2. The first kappa shape index (κ1) is 18.7. The molecule has 0 aliphatic rings. The van der Waals surface area contributed by atoms with Crippen molar-refractivity contribution in [2.45, 2.75) is 79.8 Å². The van der Waals surface area contributed by atoms with E-state index < -0.39 is 0 Å². The van der Waals surface area contributed by atoms with Crippen LogP contribution in [0.3, 0.4) is 0 Å². The number of nitrogens with one attached hydrogen (secondary N) is 1. The Kier molecular flexibility index (Phi) is 7.41. The fraction of sp³-hybridized carbons (Fsp3) is 0.824. The van der Waals surface area contributed by atoms with Crippen molar-refractivity contribution in [3.63, 3.8) is 0 Å². The lowest BCUT2D eigenvalue weighted by Gasteiger charge is -2.29. The predicted octanol–water partition coefficient (Wildman–Crippen LogP) is 4.57. The molecule has 0 spiro atoms. The van der Waals surface area contributed by atoms with Crippen LogP contribution in [0.5, 0.6) is 0 Å². The third-order valence-corrected chi connectivity index (χ3v) is 4.86. The zero-order valence-electron chi connectivity index (χ0n) is 14.6. The Bertz CT molecular complexity index is 437. The molecule has 4 heteroatoms. The highest BCUT2D eigenvalue weighted by molar-refractivity contribution is 9.10. The summed E-state index contributed by atoms with van der Waals surface area (Å²) in [6, 6.07) is 0.558. The van der Waals surface area contributed by atoms with Crippen LogP contribution >= 0.6 is 15.9 Å². The molecular weight excluding hydrogens is 326 g/mol. The molecule has 0 saturated carbocycles. The van der Waals surface area contributed by atoms with E-state index in [0.717, 1.165) is 25.9 Å². The van der Waals surface area contributed by atoms with Gasteiger partial charge in [-0.3, -0.25) is 4.68 Å². The molecule has 1 heterocycles. The van der Waals surface area contributed by atoms with Gasteiger partial charge in [-0.05, 0) is 67.4 Å². The molecule has 0 aromatic carbocycles. The highest BCUT2D eigenvalue weighted by Gasteiger charge is 2.25. The Morgan fingerprint density at radius 2 is 1.95 bits per heavy atom. The number of halogens is 1. The molecule has 1 atom stereocenters. The second-order valence-electron chi connectivity index (χ2n) is 6.78. The van der Waals surface area contributed by atoms with E-state index >= 15 is 0 Å². The summed E-state index contributed by atoms with van der Waals surface area (Å²) < 4.78 is 3.38. The molecule has 0 saturated heterocycles. The lowest BCUT2D eigenvalue weighted by molar-refractivity contribution is 0.280. The minimum absolute atomic E-state index is 0.265. The van der Waals surface area contributed by atoms with Crippen molar-refractivity contribution < 1.29 is 0 Å². The van der Waals surface area contributed by atoms with Gasteiger partial charge in [-0.25, -0.2) is 0 Å². The Morgan fingerprint density at radius 3 is 2.48 bits per heavy atom. The van der Waals surface area contributed by atoms with E-state index in [1.165, 1.54) is 28.7 Å². The molecule has 0 bridgehead atoms. The standard InChI is InChI=1S/C17H32BrN3/c1-7-10-19-13(4)11-17(5,6)12-15-16(18)14(8-2)20-21(15)9-3/h13,19H,7-12H2,1-6H3. The first-order valence-electron chi connectivity index (χ1n) is 8.32. The molecule has 21 heavy (non-hydrogen) atoms. The summed E-state index contributed by atoms with van der Waals surface area (Å²) in [5.74, 6) is 0. The molecular formula is C17H32BrN3. The van der Waals surface area contributed by atoms with E-state index in [1.807, 2.05) is 0 Å². The number of hydrogen-bond donors (Lipinski definition) is 1. The van der Waals surface area contributed by atoms with Gasteiger partial charge in [0.1, 0.15) is 0 Å². The van der Waals surface area contributed by atoms with Crippen LogP contribution in [0.4, 0.5) is 0 Å². The van der Waals surface area contributed by atoms with E-state index in [4.69, 9.17) is 5.10 Å². The van der Waals surface area contributed by atoms with Crippen LogP contribution < -0.4 is 5.32 Å². The van der Waals surface area contributed by atoms with Crippen molar-refractivity contribution in [2.24, 2.45) is 5.41 Å². The number of aromatic nitrogens is 2. The zero-order valence-corrected chi connectivity index (χ0v) is 16.2. The minimum Gasteiger partial charge on any atom is -0.314 e. The Labute approximate surface area is 139 Å². The number of nitrogens with zero attached hydrogens (tertiary/aromatic N) is 2. The summed E-state index contributed by atoms with van der Waals surface area (Å²) in [5.41, 5.74) is 2.79. The molecule has 1 N–H and O–H groups in total. The predicted molar refractivity (Wildman–Crippen MR) is 94.8 cm³/mol. The van der Waals surface area contributed by atoms with Gasteiger partial charge < -0.3 is 5.32 Å². The molecule has 3 nitrogen and oxygen atoms in total. The Morgan fingerprint density at radius 1 is 1.29 bits per heavy atom.